The first-order valence-electron chi connectivity index (χ1n) is 10.7. The van der Waals surface area contributed by atoms with E-state index in [1.807, 2.05) is 6.07 Å². The standard InChI is InChI=1S/C12H23N.C11H16N2O2S/c1-8-4-10-6-9(2)12(13-3)11(5-8)7-10;1-11(2,7-14)13-16-8-4-5-10(15-3)9(12)6-8/h8-13H,4-7H2,1-3H3;4-7,13H,12H2,1-3H3. The highest BCUT2D eigenvalue weighted by molar-refractivity contribution is 7.97. The van der Waals surface area contributed by atoms with Crippen LogP contribution < -0.4 is 20.5 Å². The number of aldehydes is 1. The predicted octanol–water partition coefficient (Wildman–Crippen LogP) is 4.52. The van der Waals surface area contributed by atoms with Gasteiger partial charge in [0.1, 0.15) is 12.0 Å². The van der Waals surface area contributed by atoms with E-state index in [9.17, 15) is 4.79 Å². The SMILES string of the molecule is CNC1C(C)CC2CC(C)CC1C2.COc1ccc(SNC(C)(C)C=O)cc1N. The number of methoxy groups -OCH3 is 1. The fraction of sp³-hybridized carbons (Fsp3) is 0.696. The van der Waals surface area contributed by atoms with Gasteiger partial charge in [-0.15, -0.1) is 0 Å². The minimum absolute atomic E-state index is 0.556. The minimum atomic E-state index is -0.556. The quantitative estimate of drug-likeness (QED) is 0.356. The van der Waals surface area contributed by atoms with Crippen LogP contribution in [-0.2, 0) is 4.79 Å². The van der Waals surface area contributed by atoms with Gasteiger partial charge in [0.2, 0.25) is 0 Å². The molecule has 2 bridgehead atoms. The van der Waals surface area contributed by atoms with Crippen molar-refractivity contribution in [2.24, 2.45) is 23.7 Å². The van der Waals surface area contributed by atoms with Crippen molar-refractivity contribution in [1.82, 2.24) is 10.0 Å². The molecule has 6 heteroatoms. The summed E-state index contributed by atoms with van der Waals surface area (Å²) in [6, 6.07) is 6.29. The van der Waals surface area contributed by atoms with Crippen LogP contribution in [0.5, 0.6) is 5.75 Å². The summed E-state index contributed by atoms with van der Waals surface area (Å²) >= 11 is 1.37. The number of benzene rings is 1. The van der Waals surface area contributed by atoms with E-state index in [0.717, 1.165) is 40.9 Å². The summed E-state index contributed by atoms with van der Waals surface area (Å²) < 4.78 is 8.10. The van der Waals surface area contributed by atoms with Crippen molar-refractivity contribution >= 4 is 23.9 Å². The molecule has 5 nitrogen and oxygen atoms in total. The smallest absolute Gasteiger partial charge is 0.141 e. The van der Waals surface area contributed by atoms with E-state index in [0.29, 0.717) is 11.4 Å². The maximum Gasteiger partial charge on any atom is 0.141 e. The van der Waals surface area contributed by atoms with Crippen molar-refractivity contribution < 1.29 is 9.53 Å². The van der Waals surface area contributed by atoms with Crippen molar-refractivity contribution in [2.75, 3.05) is 19.9 Å². The highest BCUT2D eigenvalue weighted by Gasteiger charge is 2.38. The molecule has 164 valence electrons. The minimum Gasteiger partial charge on any atom is -0.495 e. The van der Waals surface area contributed by atoms with Crippen molar-refractivity contribution in [3.63, 3.8) is 0 Å². The third-order valence-corrected chi connectivity index (χ3v) is 7.28. The average Bonchev–Trinajstić information content (AvgIpc) is 2.66. The molecule has 0 radical (unpaired) electrons. The van der Waals surface area contributed by atoms with Crippen LogP contribution >= 0.6 is 11.9 Å². The zero-order chi connectivity index (χ0) is 21.6. The molecule has 2 aliphatic rings. The Kier molecular flexibility index (Phi) is 8.86. The molecule has 0 aromatic heterocycles. The third kappa shape index (κ3) is 6.90. The fourth-order valence-corrected chi connectivity index (χ4v) is 5.69. The molecule has 0 saturated heterocycles. The maximum absolute atomic E-state index is 10.7. The van der Waals surface area contributed by atoms with E-state index in [-0.39, 0.29) is 0 Å². The Bertz CT molecular complexity index is 664. The summed E-state index contributed by atoms with van der Waals surface area (Å²) in [5, 5.41) is 3.53. The lowest BCUT2D eigenvalue weighted by atomic mass is 9.63. The lowest BCUT2D eigenvalue weighted by Gasteiger charge is -2.46. The molecule has 5 atom stereocenters. The zero-order valence-electron chi connectivity index (χ0n) is 18.8. The second kappa shape index (κ2) is 10.7. The summed E-state index contributed by atoms with van der Waals surface area (Å²) in [5.41, 5.74) is 5.79. The number of anilines is 1. The second-order valence-electron chi connectivity index (χ2n) is 9.41. The largest absolute Gasteiger partial charge is 0.495 e. The van der Waals surface area contributed by atoms with Gasteiger partial charge in [-0.1, -0.05) is 13.8 Å². The topological polar surface area (TPSA) is 76.4 Å². The van der Waals surface area contributed by atoms with Crippen molar-refractivity contribution in [2.45, 2.75) is 69.9 Å². The van der Waals surface area contributed by atoms with E-state index in [1.165, 1.54) is 37.6 Å². The average molecular weight is 422 g/mol. The van der Waals surface area contributed by atoms with E-state index < -0.39 is 5.54 Å². The van der Waals surface area contributed by atoms with E-state index in [4.69, 9.17) is 10.5 Å². The number of nitrogens with two attached hydrogens (primary N) is 1. The van der Waals surface area contributed by atoms with E-state index >= 15 is 0 Å². The zero-order valence-corrected chi connectivity index (χ0v) is 19.6. The van der Waals surface area contributed by atoms with Gasteiger partial charge in [-0.05, 0) is 100 Å². The third-order valence-electron chi connectivity index (χ3n) is 6.16. The van der Waals surface area contributed by atoms with Crippen LogP contribution in [0, 0.1) is 23.7 Å². The Labute approximate surface area is 181 Å². The first-order valence-corrected chi connectivity index (χ1v) is 11.5. The lowest BCUT2D eigenvalue weighted by molar-refractivity contribution is -0.111. The highest BCUT2D eigenvalue weighted by atomic mass is 32.2. The number of hydrogen-bond acceptors (Lipinski definition) is 6. The number of nitrogen functional groups attached to an aromatic ring is 1. The van der Waals surface area contributed by atoms with Crippen LogP contribution in [0.25, 0.3) is 0 Å². The van der Waals surface area contributed by atoms with Gasteiger partial charge in [-0.3, -0.25) is 0 Å². The highest BCUT2D eigenvalue weighted by Crippen LogP contribution is 2.44. The maximum atomic E-state index is 10.7. The molecular formula is C23H39N3O2S. The van der Waals surface area contributed by atoms with Gasteiger partial charge in [0, 0.05) is 10.9 Å². The van der Waals surface area contributed by atoms with Gasteiger partial charge in [-0.2, -0.15) is 0 Å². The molecule has 2 saturated carbocycles. The number of carbonyl (C=O) groups is 1. The normalized spacial score (nSPS) is 28.8. The lowest BCUT2D eigenvalue weighted by Crippen LogP contribution is -2.47. The summed E-state index contributed by atoms with van der Waals surface area (Å²) in [5.74, 6) is 4.56. The molecule has 1 aromatic carbocycles. The number of hydrogen-bond donors (Lipinski definition) is 3. The molecule has 2 aliphatic carbocycles. The van der Waals surface area contributed by atoms with Crippen molar-refractivity contribution in [1.29, 1.82) is 0 Å². The van der Waals surface area contributed by atoms with Gasteiger partial charge in [0.25, 0.3) is 0 Å². The van der Waals surface area contributed by atoms with Gasteiger partial charge in [0.05, 0.1) is 18.3 Å². The number of nitrogens with one attached hydrogen (secondary N) is 2. The van der Waals surface area contributed by atoms with Crippen LogP contribution in [0.3, 0.4) is 0 Å². The van der Waals surface area contributed by atoms with Crippen molar-refractivity contribution in [3.8, 4) is 5.75 Å². The molecule has 1 aromatic rings. The molecule has 0 spiro atoms. The van der Waals surface area contributed by atoms with Crippen LogP contribution in [0.2, 0.25) is 0 Å². The molecule has 3 rings (SSSR count). The van der Waals surface area contributed by atoms with Gasteiger partial charge < -0.3 is 20.6 Å². The van der Waals surface area contributed by atoms with Gasteiger partial charge in [-0.25, -0.2) is 4.72 Å². The van der Waals surface area contributed by atoms with Crippen LogP contribution in [-0.4, -0.2) is 32.0 Å². The summed E-state index contributed by atoms with van der Waals surface area (Å²) in [6.45, 7) is 8.47. The summed E-state index contributed by atoms with van der Waals surface area (Å²) in [6.07, 6.45) is 6.79. The first kappa shape index (κ1) is 24.0. The number of ether oxygens (including phenoxy) is 1. The Balaban J connectivity index is 0.000000211. The second-order valence-corrected chi connectivity index (χ2v) is 10.3. The molecule has 4 N–H and O–H groups in total. The van der Waals surface area contributed by atoms with Gasteiger partial charge >= 0.3 is 0 Å². The van der Waals surface area contributed by atoms with Gasteiger partial charge in [0.15, 0.2) is 0 Å². The van der Waals surface area contributed by atoms with E-state index in [1.54, 1.807) is 33.1 Å². The monoisotopic (exact) mass is 421 g/mol. The predicted molar refractivity (Wildman–Crippen MR) is 123 cm³/mol. The van der Waals surface area contributed by atoms with Crippen molar-refractivity contribution in [3.05, 3.63) is 18.2 Å². The molecule has 0 heterocycles. The van der Waals surface area contributed by atoms with Crippen LogP contribution in [0.4, 0.5) is 5.69 Å². The molecule has 29 heavy (non-hydrogen) atoms. The van der Waals surface area contributed by atoms with Crippen LogP contribution in [0.15, 0.2) is 23.1 Å². The van der Waals surface area contributed by atoms with Crippen LogP contribution in [0.1, 0.15) is 53.4 Å². The molecule has 5 unspecified atom stereocenters. The summed E-state index contributed by atoms with van der Waals surface area (Å²) in [7, 11) is 3.72. The first-order chi connectivity index (χ1) is 13.7. The fourth-order valence-electron chi connectivity index (χ4n) is 4.94. The molecular weight excluding hydrogens is 382 g/mol. The molecule has 0 aliphatic heterocycles. The number of carbonyl (C=O) groups excluding carboxylic acids is 1. The Morgan fingerprint density at radius 3 is 2.52 bits per heavy atom. The Hall–Kier alpha value is -1.24. The number of rotatable bonds is 6. The Morgan fingerprint density at radius 1 is 1.21 bits per heavy atom. The number of fused-ring (bicyclic) bond motifs is 2. The van der Waals surface area contributed by atoms with E-state index in [2.05, 4.69) is 30.9 Å². The molecule has 2 fully saturated rings. The summed E-state index contributed by atoms with van der Waals surface area (Å²) in [4.78, 5) is 11.6. The Morgan fingerprint density at radius 2 is 1.93 bits per heavy atom. The molecule has 0 amide bonds.